The number of halogens is 1. The molecule has 7 heteroatoms. The number of benzene rings is 1. The number of aryl methyl sites for hydroxylation is 1. The van der Waals surface area contributed by atoms with Crippen molar-refractivity contribution in [2.24, 2.45) is 0 Å². The van der Waals surface area contributed by atoms with Crippen LogP contribution < -0.4 is 5.32 Å². The van der Waals surface area contributed by atoms with Crippen LogP contribution in [0.25, 0.3) is 0 Å². The lowest BCUT2D eigenvalue weighted by Gasteiger charge is -2.30. The average Bonchev–Trinajstić information content (AvgIpc) is 2.91. The van der Waals surface area contributed by atoms with Gasteiger partial charge in [0, 0.05) is 31.4 Å². The van der Waals surface area contributed by atoms with E-state index in [9.17, 15) is 14.0 Å². The molecule has 1 N–H and O–H groups in total. The summed E-state index contributed by atoms with van der Waals surface area (Å²) in [5.41, 5.74) is 2.05. The first-order valence-corrected chi connectivity index (χ1v) is 7.99. The third-order valence-electron chi connectivity index (χ3n) is 4.64. The number of carbonyl (C=O) groups excluding carboxylic acids is 2. The van der Waals surface area contributed by atoms with E-state index in [1.807, 2.05) is 4.57 Å². The van der Waals surface area contributed by atoms with Gasteiger partial charge in [-0.2, -0.15) is 0 Å². The predicted molar refractivity (Wildman–Crippen MR) is 84.6 cm³/mol. The second-order valence-electron chi connectivity index (χ2n) is 6.23. The van der Waals surface area contributed by atoms with Crippen LogP contribution in [-0.2, 0) is 22.7 Å². The molecule has 1 atom stereocenters. The molecule has 6 nitrogen and oxygen atoms in total. The summed E-state index contributed by atoms with van der Waals surface area (Å²) in [6.07, 6.45) is 4.39. The number of nitrogens with one attached hydrogen (secondary N) is 1. The van der Waals surface area contributed by atoms with Gasteiger partial charge in [-0.3, -0.25) is 9.59 Å². The fraction of sp³-hybridized carbons (Fsp3) is 0.353. The van der Waals surface area contributed by atoms with Crippen LogP contribution in [0.4, 0.5) is 10.1 Å². The molecule has 2 amide bonds. The number of amides is 2. The highest BCUT2D eigenvalue weighted by molar-refractivity contribution is 6.01. The molecular formula is C17H17FN4O2. The highest BCUT2D eigenvalue weighted by Crippen LogP contribution is 2.34. The van der Waals surface area contributed by atoms with Crippen molar-refractivity contribution in [1.82, 2.24) is 14.5 Å². The van der Waals surface area contributed by atoms with Crippen LogP contribution in [0.5, 0.6) is 0 Å². The molecule has 2 aliphatic heterocycles. The molecule has 2 aromatic rings. The molecule has 0 spiro atoms. The zero-order valence-corrected chi connectivity index (χ0v) is 13.0. The quantitative estimate of drug-likeness (QED) is 0.869. The second kappa shape index (κ2) is 5.74. The molecule has 4 rings (SSSR count). The van der Waals surface area contributed by atoms with Gasteiger partial charge in [0.25, 0.3) is 0 Å². The maximum atomic E-state index is 13.6. The van der Waals surface area contributed by atoms with Gasteiger partial charge in [0.1, 0.15) is 5.82 Å². The van der Waals surface area contributed by atoms with E-state index in [2.05, 4.69) is 10.3 Å². The first kappa shape index (κ1) is 14.9. The van der Waals surface area contributed by atoms with Crippen molar-refractivity contribution in [2.45, 2.75) is 31.8 Å². The van der Waals surface area contributed by atoms with Gasteiger partial charge in [0.05, 0.1) is 24.5 Å². The van der Waals surface area contributed by atoms with E-state index in [0.29, 0.717) is 24.3 Å². The minimum Gasteiger partial charge on any atom is -0.336 e. The molecule has 1 aromatic heterocycles. The fourth-order valence-electron chi connectivity index (χ4n) is 3.45. The molecule has 124 valence electrons. The Labute approximate surface area is 138 Å². The highest BCUT2D eigenvalue weighted by atomic mass is 19.1. The maximum absolute atomic E-state index is 13.6. The van der Waals surface area contributed by atoms with E-state index in [1.165, 1.54) is 18.2 Å². The third-order valence-corrected chi connectivity index (χ3v) is 4.64. The van der Waals surface area contributed by atoms with Gasteiger partial charge in [-0.1, -0.05) is 0 Å². The van der Waals surface area contributed by atoms with E-state index in [4.69, 9.17) is 0 Å². The minimum absolute atomic E-state index is 0.0467. The van der Waals surface area contributed by atoms with Crippen LogP contribution in [0.1, 0.15) is 30.0 Å². The number of imidazole rings is 1. The Morgan fingerprint density at radius 3 is 3.08 bits per heavy atom. The number of nitrogens with zero attached hydrogens (tertiary/aromatic N) is 3. The van der Waals surface area contributed by atoms with Gasteiger partial charge in [-0.25, -0.2) is 9.37 Å². The first-order chi connectivity index (χ1) is 11.6. The minimum atomic E-state index is -0.640. The van der Waals surface area contributed by atoms with Gasteiger partial charge in [0.2, 0.25) is 11.8 Å². The monoisotopic (exact) mass is 328 g/mol. The van der Waals surface area contributed by atoms with Crippen LogP contribution in [0.15, 0.2) is 30.7 Å². The van der Waals surface area contributed by atoms with Crippen molar-refractivity contribution in [3.63, 3.8) is 0 Å². The van der Waals surface area contributed by atoms with Crippen molar-refractivity contribution >= 4 is 17.5 Å². The van der Waals surface area contributed by atoms with Crippen LogP contribution in [0.2, 0.25) is 0 Å². The summed E-state index contributed by atoms with van der Waals surface area (Å²) in [6, 6.07) is 4.15. The normalized spacial score (nSPS) is 20.0. The number of hydrogen-bond donors (Lipinski definition) is 1. The zero-order valence-electron chi connectivity index (χ0n) is 13.0. The number of fused-ring (bicyclic) bond motifs is 2. The Bertz CT molecular complexity index is 817. The molecule has 0 radical (unpaired) electrons. The Kier molecular flexibility index (Phi) is 3.55. The summed E-state index contributed by atoms with van der Waals surface area (Å²) in [4.78, 5) is 30.9. The van der Waals surface area contributed by atoms with Gasteiger partial charge in [-0.05, 0) is 30.2 Å². The standard InChI is InChI=1S/C17H17FN4O2/c18-11-2-3-15-13(6-11)14(7-16(23)20-15)17(24)21-4-1-5-22-10-19-8-12(22)9-21/h2-3,6,8,10,14H,1,4-5,7,9H2,(H,20,23). The van der Waals surface area contributed by atoms with E-state index in [-0.39, 0.29) is 18.2 Å². The third kappa shape index (κ3) is 2.55. The van der Waals surface area contributed by atoms with Crippen LogP contribution >= 0.6 is 0 Å². The van der Waals surface area contributed by atoms with Crippen molar-refractivity contribution in [3.05, 3.63) is 47.8 Å². The predicted octanol–water partition coefficient (Wildman–Crippen LogP) is 1.88. The van der Waals surface area contributed by atoms with Gasteiger partial charge >= 0.3 is 0 Å². The lowest BCUT2D eigenvalue weighted by Crippen LogP contribution is -2.38. The molecule has 0 saturated carbocycles. The topological polar surface area (TPSA) is 67.2 Å². The van der Waals surface area contributed by atoms with Gasteiger partial charge in [0.15, 0.2) is 0 Å². The highest BCUT2D eigenvalue weighted by Gasteiger charge is 2.34. The van der Waals surface area contributed by atoms with Gasteiger partial charge < -0.3 is 14.8 Å². The summed E-state index contributed by atoms with van der Waals surface area (Å²) in [6.45, 7) is 1.89. The molecule has 24 heavy (non-hydrogen) atoms. The molecule has 0 bridgehead atoms. The fourth-order valence-corrected chi connectivity index (χ4v) is 3.45. The van der Waals surface area contributed by atoms with Crippen LogP contribution in [0.3, 0.4) is 0 Å². The number of aromatic nitrogens is 2. The molecule has 3 heterocycles. The molecular weight excluding hydrogens is 311 g/mol. The summed E-state index contributed by atoms with van der Waals surface area (Å²) in [5, 5.41) is 2.71. The average molecular weight is 328 g/mol. The van der Waals surface area contributed by atoms with Gasteiger partial charge in [-0.15, -0.1) is 0 Å². The van der Waals surface area contributed by atoms with Crippen LogP contribution in [0, 0.1) is 5.82 Å². The lowest BCUT2D eigenvalue weighted by molar-refractivity contribution is -0.135. The Balaban J connectivity index is 1.65. The molecule has 0 fully saturated rings. The molecule has 0 saturated heterocycles. The van der Waals surface area contributed by atoms with Crippen molar-refractivity contribution in [3.8, 4) is 0 Å². The summed E-state index contributed by atoms with van der Waals surface area (Å²) in [7, 11) is 0. The number of anilines is 1. The van der Waals surface area contributed by atoms with Crippen molar-refractivity contribution in [2.75, 3.05) is 11.9 Å². The number of hydrogen-bond acceptors (Lipinski definition) is 3. The van der Waals surface area contributed by atoms with Crippen molar-refractivity contribution in [1.29, 1.82) is 0 Å². The first-order valence-electron chi connectivity index (χ1n) is 7.99. The molecule has 1 aromatic carbocycles. The summed E-state index contributed by atoms with van der Waals surface area (Å²) >= 11 is 0. The molecule has 2 aliphatic rings. The Hall–Kier alpha value is -2.70. The van der Waals surface area contributed by atoms with Crippen molar-refractivity contribution < 1.29 is 14.0 Å². The Morgan fingerprint density at radius 2 is 2.21 bits per heavy atom. The number of rotatable bonds is 1. The lowest BCUT2D eigenvalue weighted by atomic mass is 9.89. The van der Waals surface area contributed by atoms with Crippen LogP contribution in [-0.4, -0.2) is 32.8 Å². The van der Waals surface area contributed by atoms with E-state index in [0.717, 1.165) is 18.7 Å². The summed E-state index contributed by atoms with van der Waals surface area (Å²) < 4.78 is 15.7. The second-order valence-corrected chi connectivity index (χ2v) is 6.23. The molecule has 0 aliphatic carbocycles. The smallest absolute Gasteiger partial charge is 0.231 e. The van der Waals surface area contributed by atoms with E-state index in [1.54, 1.807) is 17.4 Å². The maximum Gasteiger partial charge on any atom is 0.231 e. The largest absolute Gasteiger partial charge is 0.336 e. The summed E-state index contributed by atoms with van der Waals surface area (Å²) in [5.74, 6) is -1.39. The SMILES string of the molecule is O=C1CC(C(=O)N2CCCn3cncc3C2)c2cc(F)ccc2N1. The Morgan fingerprint density at radius 1 is 1.33 bits per heavy atom. The van der Waals surface area contributed by atoms with E-state index >= 15 is 0 Å². The molecule has 1 unspecified atom stereocenters. The zero-order chi connectivity index (χ0) is 16.7. The number of carbonyl (C=O) groups is 2. The van der Waals surface area contributed by atoms with E-state index < -0.39 is 11.7 Å².